The number of rotatable bonds is 2. The summed E-state index contributed by atoms with van der Waals surface area (Å²) in [6, 6.07) is 46.9. The van der Waals surface area contributed by atoms with Crippen molar-refractivity contribution in [2.75, 3.05) is 0 Å². The van der Waals surface area contributed by atoms with Gasteiger partial charge in [-0.05, 0) is 84.6 Å². The predicted molar refractivity (Wildman–Crippen MR) is 201 cm³/mol. The van der Waals surface area contributed by atoms with Gasteiger partial charge < -0.3 is 0 Å². The Kier molecular flexibility index (Phi) is 5.44. The lowest BCUT2D eigenvalue weighted by Gasteiger charge is -2.26. The predicted octanol–water partition coefficient (Wildman–Crippen LogP) is 11.9. The lowest BCUT2D eigenvalue weighted by molar-refractivity contribution is 0.647. The van der Waals surface area contributed by atoms with E-state index in [4.69, 9.17) is 9.97 Å². The monoisotopic (exact) mass is 614 g/mol. The summed E-state index contributed by atoms with van der Waals surface area (Å²) in [6.45, 7) is 9.59. The van der Waals surface area contributed by atoms with Crippen LogP contribution < -0.4 is 0 Å². The van der Waals surface area contributed by atoms with Crippen molar-refractivity contribution in [3.63, 3.8) is 0 Å². The Morgan fingerprint density at radius 2 is 1.15 bits per heavy atom. The molecule has 2 heterocycles. The Balaban J connectivity index is 1.14. The normalized spacial score (nSPS) is 15.0. The molecule has 0 fully saturated rings. The van der Waals surface area contributed by atoms with Crippen LogP contribution in [0.5, 0.6) is 0 Å². The molecule has 48 heavy (non-hydrogen) atoms. The van der Waals surface area contributed by atoms with Gasteiger partial charge in [-0.2, -0.15) is 0 Å². The van der Waals surface area contributed by atoms with E-state index in [9.17, 15) is 0 Å². The molecule has 0 unspecified atom stereocenters. The molecule has 0 N–H and O–H groups in total. The van der Waals surface area contributed by atoms with Gasteiger partial charge in [0.2, 0.25) is 0 Å². The Morgan fingerprint density at radius 1 is 0.458 bits per heavy atom. The molecule has 228 valence electrons. The molecule has 0 spiro atoms. The van der Waals surface area contributed by atoms with Crippen LogP contribution in [0.3, 0.4) is 0 Å². The van der Waals surface area contributed by atoms with Crippen molar-refractivity contribution >= 4 is 32.6 Å². The third-order valence-electron chi connectivity index (χ3n) is 11.3. The molecule has 2 aliphatic rings. The van der Waals surface area contributed by atoms with Crippen LogP contribution in [0.25, 0.3) is 77.2 Å². The number of aromatic nitrogens is 2. The van der Waals surface area contributed by atoms with Gasteiger partial charge in [0.15, 0.2) is 0 Å². The Bertz CT molecular complexity index is 2680. The van der Waals surface area contributed by atoms with E-state index in [1.54, 1.807) is 0 Å². The van der Waals surface area contributed by atoms with Crippen LogP contribution in [-0.2, 0) is 10.8 Å². The fourth-order valence-electron chi connectivity index (χ4n) is 8.91. The van der Waals surface area contributed by atoms with Gasteiger partial charge in [-0.3, -0.25) is 4.98 Å². The molecule has 10 rings (SSSR count). The maximum atomic E-state index is 5.21. The zero-order chi connectivity index (χ0) is 32.4. The minimum atomic E-state index is -0.109. The molecular formula is C46H34N2. The highest BCUT2D eigenvalue weighted by atomic mass is 14.8. The van der Waals surface area contributed by atoms with Gasteiger partial charge in [0, 0.05) is 33.4 Å². The van der Waals surface area contributed by atoms with Crippen LogP contribution in [-0.4, -0.2) is 9.97 Å². The maximum absolute atomic E-state index is 5.21. The SMILES string of the molecule is CC1(C)c2cc(-c3ccc(-c4ccc5ccc6cccnc6c5n4)c4ccccc34)ccc2-c2c1ccc1c2C(C)(C)c2ccccc2-1. The summed E-state index contributed by atoms with van der Waals surface area (Å²) in [6.07, 6.45) is 1.85. The molecule has 2 aliphatic carbocycles. The van der Waals surface area contributed by atoms with Crippen LogP contribution in [0, 0.1) is 0 Å². The van der Waals surface area contributed by atoms with E-state index in [2.05, 4.69) is 149 Å². The third-order valence-corrected chi connectivity index (χ3v) is 11.3. The number of benzene rings is 6. The van der Waals surface area contributed by atoms with Crippen molar-refractivity contribution in [1.82, 2.24) is 9.97 Å². The summed E-state index contributed by atoms with van der Waals surface area (Å²) in [5, 5.41) is 4.65. The van der Waals surface area contributed by atoms with E-state index in [-0.39, 0.29) is 10.8 Å². The van der Waals surface area contributed by atoms with Gasteiger partial charge in [-0.1, -0.05) is 137 Å². The van der Waals surface area contributed by atoms with Crippen LogP contribution >= 0.6 is 0 Å². The van der Waals surface area contributed by atoms with Crippen molar-refractivity contribution in [3.05, 3.63) is 156 Å². The highest BCUT2D eigenvalue weighted by molar-refractivity contribution is 6.07. The average molecular weight is 615 g/mol. The Morgan fingerprint density at radius 3 is 2.00 bits per heavy atom. The second kappa shape index (κ2) is 9.49. The van der Waals surface area contributed by atoms with Crippen molar-refractivity contribution in [2.45, 2.75) is 38.5 Å². The van der Waals surface area contributed by atoms with Crippen LogP contribution in [0.2, 0.25) is 0 Å². The average Bonchev–Trinajstić information content (AvgIpc) is 3.50. The van der Waals surface area contributed by atoms with E-state index in [0.29, 0.717) is 0 Å². The van der Waals surface area contributed by atoms with Gasteiger partial charge in [-0.25, -0.2) is 4.98 Å². The molecule has 0 radical (unpaired) electrons. The van der Waals surface area contributed by atoms with Crippen LogP contribution in [0.1, 0.15) is 49.9 Å². The first-order valence-electron chi connectivity index (χ1n) is 16.9. The lowest BCUT2D eigenvalue weighted by atomic mass is 9.77. The quantitative estimate of drug-likeness (QED) is 0.181. The standard InChI is InChI=1S/C46H34N2/c1-45(2)38-23-22-35-33-13-7-8-14-37(33)46(3,4)42(35)41(38)36-19-17-29(26-39(36)45)30-20-21-34(32-12-6-5-11-31(30)32)40-24-18-28-16-15-27-10-9-25-47-43(27)44(28)48-40/h5-26H,1-4H3. The lowest BCUT2D eigenvalue weighted by Crippen LogP contribution is -2.18. The summed E-state index contributed by atoms with van der Waals surface area (Å²) in [4.78, 5) is 9.90. The molecule has 0 saturated carbocycles. The Hall–Kier alpha value is -5.60. The fraction of sp³-hybridized carbons (Fsp3) is 0.130. The molecule has 2 aromatic heterocycles. The van der Waals surface area contributed by atoms with E-state index in [1.807, 2.05) is 12.3 Å². The molecule has 8 aromatic rings. The molecule has 0 saturated heterocycles. The topological polar surface area (TPSA) is 25.8 Å². The zero-order valence-electron chi connectivity index (χ0n) is 27.6. The van der Waals surface area contributed by atoms with E-state index in [1.165, 1.54) is 66.4 Å². The van der Waals surface area contributed by atoms with Crippen LogP contribution in [0.4, 0.5) is 0 Å². The summed E-state index contributed by atoms with van der Waals surface area (Å²) in [5.74, 6) is 0. The van der Waals surface area contributed by atoms with Gasteiger partial charge >= 0.3 is 0 Å². The number of hydrogen-bond acceptors (Lipinski definition) is 2. The van der Waals surface area contributed by atoms with Gasteiger partial charge in [-0.15, -0.1) is 0 Å². The maximum Gasteiger partial charge on any atom is 0.0972 e. The van der Waals surface area contributed by atoms with Crippen molar-refractivity contribution < 1.29 is 0 Å². The highest BCUT2D eigenvalue weighted by Crippen LogP contribution is 2.59. The number of hydrogen-bond donors (Lipinski definition) is 0. The Labute approximate surface area is 280 Å². The molecular weight excluding hydrogens is 581 g/mol. The third kappa shape index (κ3) is 3.58. The molecule has 0 atom stereocenters. The largest absolute Gasteiger partial charge is 0.254 e. The van der Waals surface area contributed by atoms with Crippen molar-refractivity contribution in [2.24, 2.45) is 0 Å². The van der Waals surface area contributed by atoms with Crippen molar-refractivity contribution in [3.8, 4) is 44.6 Å². The molecule has 6 aromatic carbocycles. The first-order chi connectivity index (χ1) is 23.3. The van der Waals surface area contributed by atoms with Gasteiger partial charge in [0.05, 0.1) is 16.7 Å². The van der Waals surface area contributed by atoms with Gasteiger partial charge in [0.25, 0.3) is 0 Å². The molecule has 0 amide bonds. The smallest absolute Gasteiger partial charge is 0.0972 e. The van der Waals surface area contributed by atoms with E-state index >= 15 is 0 Å². The van der Waals surface area contributed by atoms with Crippen LogP contribution in [0.15, 0.2) is 134 Å². The summed E-state index contributed by atoms with van der Waals surface area (Å²) in [5.41, 5.74) is 17.6. The first-order valence-corrected chi connectivity index (χ1v) is 16.9. The molecule has 0 aliphatic heterocycles. The summed E-state index contributed by atoms with van der Waals surface area (Å²) >= 11 is 0. The summed E-state index contributed by atoms with van der Waals surface area (Å²) in [7, 11) is 0. The van der Waals surface area contributed by atoms with E-state index < -0.39 is 0 Å². The number of nitrogens with zero attached hydrogens (tertiary/aromatic N) is 2. The molecule has 2 nitrogen and oxygen atoms in total. The molecule has 2 heteroatoms. The zero-order valence-corrected chi connectivity index (χ0v) is 27.6. The highest BCUT2D eigenvalue weighted by Gasteiger charge is 2.44. The fourth-order valence-corrected chi connectivity index (χ4v) is 8.91. The summed E-state index contributed by atoms with van der Waals surface area (Å²) < 4.78 is 0. The van der Waals surface area contributed by atoms with E-state index in [0.717, 1.165) is 33.1 Å². The second-order valence-electron chi connectivity index (χ2n) is 14.6. The second-order valence-corrected chi connectivity index (χ2v) is 14.6. The van der Waals surface area contributed by atoms with Gasteiger partial charge in [0.1, 0.15) is 0 Å². The number of pyridine rings is 2. The first kappa shape index (κ1) is 27.5. The molecule has 0 bridgehead atoms. The number of fused-ring (bicyclic) bond motifs is 11. The minimum Gasteiger partial charge on any atom is -0.254 e. The van der Waals surface area contributed by atoms with Crippen molar-refractivity contribution in [1.29, 1.82) is 0 Å². The minimum absolute atomic E-state index is 0.0567.